The van der Waals surface area contributed by atoms with E-state index in [-0.39, 0.29) is 0 Å². The Morgan fingerprint density at radius 3 is 2.13 bits per heavy atom. The molecule has 0 aromatic heterocycles. The van der Waals surface area contributed by atoms with Crippen LogP contribution in [0.3, 0.4) is 0 Å². The molecule has 0 heterocycles. The van der Waals surface area contributed by atoms with Crippen LogP contribution in [-0.2, 0) is 9.46 Å². The normalized spacial score (nSPS) is 14.8. The summed E-state index contributed by atoms with van der Waals surface area (Å²) in [5.74, 6) is 0. The van der Waals surface area contributed by atoms with Crippen molar-refractivity contribution in [3.8, 4) is 0 Å². The fourth-order valence-electron chi connectivity index (χ4n) is 1.50. The van der Waals surface area contributed by atoms with Crippen LogP contribution in [0.1, 0.15) is 0 Å². The first-order valence-electron chi connectivity index (χ1n) is 4.22. The third-order valence-electron chi connectivity index (χ3n) is 2.13. The Labute approximate surface area is 102 Å². The first-order chi connectivity index (χ1) is 6.85. The van der Waals surface area contributed by atoms with Crippen molar-refractivity contribution in [2.45, 2.75) is 0 Å². The van der Waals surface area contributed by atoms with E-state index < -0.39 is 9.46 Å². The van der Waals surface area contributed by atoms with Crippen LogP contribution >= 0.6 is 30.1 Å². The fraction of sp³-hybridized carbons (Fsp3) is 0. The van der Waals surface area contributed by atoms with Crippen LogP contribution in [0.15, 0.2) is 42.5 Å². The van der Waals surface area contributed by atoms with Gasteiger partial charge in [-0.25, -0.2) is 0 Å². The van der Waals surface area contributed by atoms with Crippen molar-refractivity contribution in [2.24, 2.45) is 4.72 Å². The molecule has 0 radical (unpaired) electrons. The molecule has 0 amide bonds. The summed E-state index contributed by atoms with van der Waals surface area (Å²) in [5.41, 5.74) is 0. The second-order valence-corrected chi connectivity index (χ2v) is 16.3. The third kappa shape index (κ3) is 2.42. The zero-order valence-electron chi connectivity index (χ0n) is 7.66. The molecule has 2 N–H and O–H groups in total. The predicted molar refractivity (Wildman–Crippen MR) is 65.3 cm³/mol. The van der Waals surface area contributed by atoms with Crippen LogP contribution in [0, 0.1) is 0 Å². The van der Waals surface area contributed by atoms with Crippen LogP contribution in [0.4, 0.5) is 0 Å². The van der Waals surface area contributed by atoms with Crippen molar-refractivity contribution in [1.82, 2.24) is 0 Å². The number of halogens is 3. The van der Waals surface area contributed by atoms with E-state index in [1.165, 1.54) is 0 Å². The van der Waals surface area contributed by atoms with Gasteiger partial charge in [0, 0.05) is 0 Å². The molecular weight excluding hydrogens is 292 g/mol. The quantitative estimate of drug-likeness (QED) is 0.857. The van der Waals surface area contributed by atoms with Gasteiger partial charge in [0.05, 0.1) is 0 Å². The van der Waals surface area contributed by atoms with Gasteiger partial charge in [0.15, 0.2) is 0 Å². The van der Waals surface area contributed by atoms with Crippen molar-refractivity contribution < 1.29 is 9.46 Å². The molecule has 0 saturated heterocycles. The van der Waals surface area contributed by atoms with Gasteiger partial charge in [0.1, 0.15) is 0 Å². The average molecular weight is 302 g/mol. The Morgan fingerprint density at radius 2 is 1.47 bits per heavy atom. The second kappa shape index (κ2) is 3.53. The van der Waals surface area contributed by atoms with E-state index in [9.17, 15) is 0 Å². The molecule has 2 rings (SSSR count). The molecule has 5 heteroatoms. The molecule has 15 heavy (non-hydrogen) atoms. The number of benzene rings is 2. The summed E-state index contributed by atoms with van der Waals surface area (Å²) in [6, 6.07) is 13.3. The molecule has 2 aromatic rings. The Morgan fingerprint density at radius 1 is 0.867 bits per heavy atom. The second-order valence-electron chi connectivity index (χ2n) is 3.27. The number of fused-ring (bicyclic) bond motifs is 1. The molecule has 0 aliphatic heterocycles. The van der Waals surface area contributed by atoms with E-state index in [1.807, 2.05) is 36.4 Å². The summed E-state index contributed by atoms with van der Waals surface area (Å²) in [7, 11) is 14.1. The van der Waals surface area contributed by atoms with Crippen LogP contribution in [0.25, 0.3) is 10.8 Å². The third-order valence-corrected chi connectivity index (χ3v) is 5.91. The summed E-state index contributed by atoms with van der Waals surface area (Å²) in [4.78, 5) is 0. The van der Waals surface area contributed by atoms with E-state index in [0.717, 1.165) is 10.8 Å². The Balaban J connectivity index is 2.84. The van der Waals surface area contributed by atoms with Gasteiger partial charge in [-0.15, -0.1) is 0 Å². The van der Waals surface area contributed by atoms with Gasteiger partial charge in [0.25, 0.3) is 0 Å². The maximum atomic E-state index is 6.07. The first kappa shape index (κ1) is 11.5. The summed E-state index contributed by atoms with van der Waals surface area (Å²) < 4.78 is 6.48. The molecule has 0 fully saturated rings. The molecule has 0 spiro atoms. The zero-order chi connectivity index (χ0) is 11.1. The van der Waals surface area contributed by atoms with Crippen LogP contribution in [0.2, 0.25) is 0 Å². The number of hydrogen-bond acceptors (Lipinski definition) is 1. The predicted octanol–water partition coefficient (Wildman–Crippen LogP) is 3.49. The van der Waals surface area contributed by atoms with Crippen molar-refractivity contribution in [3.63, 3.8) is 0 Å². The topological polar surface area (TPSA) is 26.0 Å². The number of nitrogens with two attached hydrogens (primary N) is 1. The fourth-order valence-corrected chi connectivity index (χ4v) is 4.53. The summed E-state index contributed by atoms with van der Waals surface area (Å²) in [6.45, 7) is 0. The minimum absolute atomic E-state index is 0.651. The molecular formula is C10H9Cl3CrN. The SMILES string of the molecule is [NH2][Cr]([Cl])([Cl])([Cl])[c]1cccc2ccccc12. The molecule has 1 nitrogen and oxygen atoms in total. The van der Waals surface area contributed by atoms with E-state index in [2.05, 4.69) is 0 Å². The Kier molecular flexibility index (Phi) is 2.72. The van der Waals surface area contributed by atoms with Gasteiger partial charge in [0.2, 0.25) is 0 Å². The monoisotopic (exact) mass is 300 g/mol. The molecule has 0 saturated carbocycles. The van der Waals surface area contributed by atoms with Crippen LogP contribution in [0.5, 0.6) is 0 Å². The maximum absolute atomic E-state index is 6.07. The van der Waals surface area contributed by atoms with E-state index in [4.69, 9.17) is 34.9 Å². The minimum atomic E-state index is -4.15. The zero-order valence-corrected chi connectivity index (χ0v) is 11.2. The summed E-state index contributed by atoms with van der Waals surface area (Å²) in [6.07, 6.45) is 0. The van der Waals surface area contributed by atoms with Crippen LogP contribution < -0.4 is 9.14 Å². The Bertz CT molecular complexity index is 504. The molecule has 0 bridgehead atoms. The molecule has 2 aromatic carbocycles. The van der Waals surface area contributed by atoms with Gasteiger partial charge >= 0.3 is 102 Å². The van der Waals surface area contributed by atoms with E-state index in [1.54, 1.807) is 6.07 Å². The Hall–Kier alpha value is 0.0625. The van der Waals surface area contributed by atoms with Gasteiger partial charge in [-0.05, 0) is 0 Å². The molecule has 0 aliphatic rings. The number of rotatable bonds is 1. The molecule has 0 unspecified atom stereocenters. The molecule has 0 atom stereocenters. The van der Waals surface area contributed by atoms with E-state index in [0.29, 0.717) is 4.43 Å². The average Bonchev–Trinajstić information content (AvgIpc) is 2.14. The summed E-state index contributed by atoms with van der Waals surface area (Å²) in [5, 5.41) is 1.95. The van der Waals surface area contributed by atoms with Crippen molar-refractivity contribution in [3.05, 3.63) is 42.5 Å². The standard InChI is InChI=1S/C10H7.3ClH.Cr.H2N/c1-2-6-10-8-4-3-7-9(10)5-1;;;;;/h1-7H;3*1H;;1H2/q;;;;+4;-1/p-3. The number of hydrogen-bond donors (Lipinski definition) is 1. The van der Waals surface area contributed by atoms with Gasteiger partial charge in [-0.3, -0.25) is 0 Å². The van der Waals surface area contributed by atoms with Gasteiger partial charge < -0.3 is 0 Å². The van der Waals surface area contributed by atoms with E-state index >= 15 is 0 Å². The van der Waals surface area contributed by atoms with Gasteiger partial charge in [-0.1, -0.05) is 0 Å². The van der Waals surface area contributed by atoms with Crippen molar-refractivity contribution >= 4 is 45.3 Å². The van der Waals surface area contributed by atoms with Crippen molar-refractivity contribution in [1.29, 1.82) is 0 Å². The summed E-state index contributed by atoms with van der Waals surface area (Å²) >= 11 is 0. The first-order valence-corrected chi connectivity index (χ1v) is 10.9. The molecule has 81 valence electrons. The van der Waals surface area contributed by atoms with Gasteiger partial charge in [-0.2, -0.15) is 0 Å². The van der Waals surface area contributed by atoms with Crippen molar-refractivity contribution in [2.75, 3.05) is 0 Å². The van der Waals surface area contributed by atoms with Crippen LogP contribution in [-0.4, -0.2) is 0 Å². The molecule has 0 aliphatic carbocycles.